The van der Waals surface area contributed by atoms with Crippen molar-refractivity contribution in [3.8, 4) is 11.1 Å². The zero-order valence-corrected chi connectivity index (χ0v) is 15.6. The molecule has 6 nitrogen and oxygen atoms in total. The molecule has 0 fully saturated rings. The van der Waals surface area contributed by atoms with Crippen LogP contribution in [0.25, 0.3) is 11.1 Å². The molecular weight excluding hydrogens is 346 g/mol. The van der Waals surface area contributed by atoms with Crippen LogP contribution in [-0.4, -0.2) is 42.5 Å². The van der Waals surface area contributed by atoms with Gasteiger partial charge in [-0.2, -0.15) is 0 Å². The Bertz CT molecular complexity index is 810. The van der Waals surface area contributed by atoms with Gasteiger partial charge in [0.15, 0.2) is 6.04 Å². The predicted octanol–water partition coefficient (Wildman–Crippen LogP) is 2.84. The Morgan fingerprint density at radius 2 is 1.59 bits per heavy atom. The molecule has 1 aliphatic carbocycles. The number of methoxy groups -OCH3 is 1. The highest BCUT2D eigenvalue weighted by Crippen LogP contribution is 2.44. The molecule has 1 unspecified atom stereocenters. The van der Waals surface area contributed by atoms with Gasteiger partial charge in [0.05, 0.1) is 12.7 Å². The van der Waals surface area contributed by atoms with Gasteiger partial charge < -0.3 is 19.9 Å². The first-order chi connectivity index (χ1) is 12.8. The fourth-order valence-electron chi connectivity index (χ4n) is 3.40. The Labute approximate surface area is 158 Å². The molecule has 0 bridgehead atoms. The summed E-state index contributed by atoms with van der Waals surface area (Å²) in [6.07, 6.45) is -0.783. The second kappa shape index (κ2) is 7.40. The molecule has 0 aliphatic heterocycles. The van der Waals surface area contributed by atoms with Crippen molar-refractivity contribution in [2.75, 3.05) is 13.7 Å². The number of amides is 1. The summed E-state index contributed by atoms with van der Waals surface area (Å²) in [6.45, 7) is 2.95. The fraction of sp³-hybridized carbons (Fsp3) is 0.333. The van der Waals surface area contributed by atoms with E-state index in [-0.39, 0.29) is 12.5 Å². The smallest absolute Gasteiger partial charge is 0.407 e. The van der Waals surface area contributed by atoms with E-state index in [0.717, 1.165) is 22.3 Å². The normalized spacial score (nSPS) is 14.1. The van der Waals surface area contributed by atoms with Crippen LogP contribution >= 0.6 is 0 Å². The largest absolute Gasteiger partial charge is 0.467 e. The van der Waals surface area contributed by atoms with Gasteiger partial charge in [-0.05, 0) is 36.1 Å². The van der Waals surface area contributed by atoms with Crippen LogP contribution in [0, 0.1) is 0 Å². The molecule has 27 heavy (non-hydrogen) atoms. The fourth-order valence-corrected chi connectivity index (χ4v) is 3.40. The molecule has 142 valence electrons. The second-order valence-corrected chi connectivity index (χ2v) is 7.08. The van der Waals surface area contributed by atoms with E-state index in [1.807, 2.05) is 36.4 Å². The van der Waals surface area contributed by atoms with E-state index < -0.39 is 23.7 Å². The van der Waals surface area contributed by atoms with Crippen LogP contribution in [0.2, 0.25) is 0 Å². The molecule has 1 aliphatic rings. The van der Waals surface area contributed by atoms with Crippen molar-refractivity contribution in [3.05, 3.63) is 59.7 Å². The highest BCUT2D eigenvalue weighted by molar-refractivity contribution is 5.83. The molecule has 2 aromatic carbocycles. The zero-order valence-electron chi connectivity index (χ0n) is 15.6. The Morgan fingerprint density at radius 3 is 2.07 bits per heavy atom. The number of ether oxygens (including phenoxy) is 2. The molecular formula is C21H23NO5. The maximum Gasteiger partial charge on any atom is 0.407 e. The number of hydrogen-bond acceptors (Lipinski definition) is 5. The molecule has 0 heterocycles. The van der Waals surface area contributed by atoms with Crippen molar-refractivity contribution in [1.29, 1.82) is 0 Å². The molecule has 0 spiro atoms. The predicted molar refractivity (Wildman–Crippen MR) is 100 cm³/mol. The van der Waals surface area contributed by atoms with Crippen LogP contribution in [0.3, 0.4) is 0 Å². The lowest BCUT2D eigenvalue weighted by molar-refractivity contribution is -0.149. The minimum absolute atomic E-state index is 0.0816. The molecule has 0 saturated carbocycles. The molecule has 1 amide bonds. The zero-order chi connectivity index (χ0) is 19.6. The summed E-state index contributed by atoms with van der Waals surface area (Å²) in [5.41, 5.74) is 2.97. The van der Waals surface area contributed by atoms with Crippen LogP contribution in [0.1, 0.15) is 30.9 Å². The van der Waals surface area contributed by atoms with Crippen LogP contribution in [-0.2, 0) is 14.3 Å². The van der Waals surface area contributed by atoms with Crippen molar-refractivity contribution in [1.82, 2.24) is 5.32 Å². The highest BCUT2D eigenvalue weighted by atomic mass is 16.6. The first kappa shape index (κ1) is 18.9. The van der Waals surface area contributed by atoms with Gasteiger partial charge in [0.1, 0.15) is 6.61 Å². The third kappa shape index (κ3) is 3.80. The number of rotatable bonds is 5. The Kier molecular flexibility index (Phi) is 5.19. The maximum absolute atomic E-state index is 12.2. The number of esters is 1. The first-order valence-electron chi connectivity index (χ1n) is 8.74. The molecule has 0 saturated heterocycles. The Morgan fingerprint density at radius 1 is 1.07 bits per heavy atom. The number of aliphatic hydroxyl groups is 1. The lowest BCUT2D eigenvalue weighted by Crippen LogP contribution is -2.54. The minimum Gasteiger partial charge on any atom is -0.467 e. The molecule has 0 aromatic heterocycles. The van der Waals surface area contributed by atoms with E-state index in [1.54, 1.807) is 0 Å². The van der Waals surface area contributed by atoms with E-state index in [1.165, 1.54) is 21.0 Å². The monoisotopic (exact) mass is 369 g/mol. The average molecular weight is 369 g/mol. The minimum atomic E-state index is -1.49. The van der Waals surface area contributed by atoms with E-state index in [0.29, 0.717) is 0 Å². The summed E-state index contributed by atoms with van der Waals surface area (Å²) in [4.78, 5) is 24.1. The van der Waals surface area contributed by atoms with Gasteiger partial charge in [-0.3, -0.25) is 0 Å². The lowest BCUT2D eigenvalue weighted by Gasteiger charge is -2.27. The third-order valence-electron chi connectivity index (χ3n) is 4.75. The van der Waals surface area contributed by atoms with E-state index in [4.69, 9.17) is 4.74 Å². The van der Waals surface area contributed by atoms with Crippen LogP contribution in [0.15, 0.2) is 48.5 Å². The molecule has 2 aromatic rings. The van der Waals surface area contributed by atoms with Gasteiger partial charge in [0.2, 0.25) is 0 Å². The van der Waals surface area contributed by atoms with E-state index in [9.17, 15) is 14.7 Å². The van der Waals surface area contributed by atoms with Gasteiger partial charge in [-0.1, -0.05) is 48.5 Å². The number of hydrogen-bond donors (Lipinski definition) is 2. The van der Waals surface area contributed by atoms with Gasteiger partial charge in [0, 0.05) is 5.92 Å². The highest BCUT2D eigenvalue weighted by Gasteiger charge is 2.36. The number of benzene rings is 2. The number of alkyl carbamates (subject to hydrolysis) is 1. The maximum atomic E-state index is 12.2. The summed E-state index contributed by atoms with van der Waals surface area (Å²) in [5.74, 6) is -0.821. The molecule has 3 rings (SSSR count). The molecule has 2 N–H and O–H groups in total. The SMILES string of the molecule is COC(=O)C(NC(=O)OCC1c2ccccc2-c2ccccc21)C(C)(C)O. The summed E-state index contributed by atoms with van der Waals surface area (Å²) in [7, 11) is 1.19. The van der Waals surface area contributed by atoms with Crippen LogP contribution < -0.4 is 5.32 Å². The summed E-state index contributed by atoms with van der Waals surface area (Å²) in [5, 5.41) is 12.5. The third-order valence-corrected chi connectivity index (χ3v) is 4.75. The lowest BCUT2D eigenvalue weighted by atomic mass is 9.98. The van der Waals surface area contributed by atoms with E-state index in [2.05, 4.69) is 22.2 Å². The van der Waals surface area contributed by atoms with Crippen molar-refractivity contribution >= 4 is 12.1 Å². The summed E-state index contributed by atoms with van der Waals surface area (Å²) >= 11 is 0. The van der Waals surface area contributed by atoms with E-state index >= 15 is 0 Å². The number of carbonyl (C=O) groups excluding carboxylic acids is 2. The second-order valence-electron chi connectivity index (χ2n) is 7.08. The summed E-state index contributed by atoms with van der Waals surface area (Å²) < 4.78 is 10.0. The van der Waals surface area contributed by atoms with Crippen LogP contribution in [0.4, 0.5) is 4.79 Å². The van der Waals surface area contributed by atoms with Crippen molar-refractivity contribution in [2.24, 2.45) is 0 Å². The number of nitrogens with one attached hydrogen (secondary N) is 1. The van der Waals surface area contributed by atoms with Crippen molar-refractivity contribution in [3.63, 3.8) is 0 Å². The van der Waals surface area contributed by atoms with Crippen LogP contribution in [0.5, 0.6) is 0 Å². The molecule has 6 heteroatoms. The number of carbonyl (C=O) groups is 2. The summed E-state index contributed by atoms with van der Waals surface area (Å²) in [6, 6.07) is 14.8. The average Bonchev–Trinajstić information content (AvgIpc) is 2.97. The van der Waals surface area contributed by atoms with Gasteiger partial charge >= 0.3 is 12.1 Å². The standard InChI is InChI=1S/C21H23NO5/c1-21(2,25)18(19(23)26-3)22-20(24)27-12-17-15-10-6-4-8-13(15)14-9-5-7-11-16(14)17/h4-11,17-18,25H,12H2,1-3H3,(H,22,24). The van der Waals surface area contributed by atoms with Crippen molar-refractivity contribution in [2.45, 2.75) is 31.4 Å². The van der Waals surface area contributed by atoms with Crippen molar-refractivity contribution < 1.29 is 24.2 Å². The van der Waals surface area contributed by atoms with Gasteiger partial charge in [-0.25, -0.2) is 9.59 Å². The topological polar surface area (TPSA) is 84.9 Å². The molecule has 0 radical (unpaired) electrons. The first-order valence-corrected chi connectivity index (χ1v) is 8.74. The quantitative estimate of drug-likeness (QED) is 0.792. The Balaban J connectivity index is 1.73. The molecule has 1 atom stereocenters. The Hall–Kier alpha value is -2.86. The van der Waals surface area contributed by atoms with Gasteiger partial charge in [0.25, 0.3) is 0 Å². The van der Waals surface area contributed by atoms with Gasteiger partial charge in [-0.15, -0.1) is 0 Å². The number of fused-ring (bicyclic) bond motifs is 3.